The molecule has 1 amide bonds. The molecule has 5 nitrogen and oxygen atoms in total. The van der Waals surface area contributed by atoms with Crippen LogP contribution in [0.3, 0.4) is 0 Å². The van der Waals surface area contributed by atoms with Crippen LogP contribution in [0.5, 0.6) is 17.2 Å². The molecule has 0 saturated carbocycles. The Morgan fingerprint density at radius 3 is 2.59 bits per heavy atom. The SMILES string of the molecule is COc1ccc(OC)c([C@H]2CCCN2C(=O)COc2ccc(Br)cc2Br)c1. The first-order valence-corrected chi connectivity index (χ1v) is 10.2. The zero-order chi connectivity index (χ0) is 19.4. The summed E-state index contributed by atoms with van der Waals surface area (Å²) in [5.74, 6) is 2.11. The fraction of sp³-hybridized carbons (Fsp3) is 0.350. The van der Waals surface area contributed by atoms with Gasteiger partial charge in [-0.2, -0.15) is 0 Å². The summed E-state index contributed by atoms with van der Waals surface area (Å²) in [5.41, 5.74) is 0.965. The van der Waals surface area contributed by atoms with Gasteiger partial charge in [0.05, 0.1) is 24.7 Å². The van der Waals surface area contributed by atoms with Gasteiger partial charge in [0.1, 0.15) is 17.2 Å². The molecule has 1 atom stereocenters. The number of hydrogen-bond donors (Lipinski definition) is 0. The molecule has 27 heavy (non-hydrogen) atoms. The van der Waals surface area contributed by atoms with E-state index in [0.29, 0.717) is 12.3 Å². The molecular weight excluding hydrogens is 478 g/mol. The number of ether oxygens (including phenoxy) is 3. The molecule has 2 aromatic carbocycles. The zero-order valence-electron chi connectivity index (χ0n) is 15.2. The number of likely N-dealkylation sites (tertiary alicyclic amines) is 1. The van der Waals surface area contributed by atoms with Crippen molar-refractivity contribution in [2.45, 2.75) is 18.9 Å². The van der Waals surface area contributed by atoms with E-state index in [1.54, 1.807) is 14.2 Å². The molecule has 144 valence electrons. The summed E-state index contributed by atoms with van der Waals surface area (Å²) in [6.07, 6.45) is 1.83. The number of nitrogens with zero attached hydrogens (tertiary/aromatic N) is 1. The van der Waals surface area contributed by atoms with Gasteiger partial charge in [-0.25, -0.2) is 0 Å². The molecule has 0 radical (unpaired) electrons. The maximum absolute atomic E-state index is 12.8. The second-order valence-corrected chi connectivity index (χ2v) is 7.99. The molecule has 1 aliphatic heterocycles. The summed E-state index contributed by atoms with van der Waals surface area (Å²) < 4.78 is 18.3. The average Bonchev–Trinajstić information content (AvgIpc) is 3.16. The summed E-state index contributed by atoms with van der Waals surface area (Å²) >= 11 is 6.86. The number of amides is 1. The summed E-state index contributed by atoms with van der Waals surface area (Å²) in [6, 6.07) is 11.2. The van der Waals surface area contributed by atoms with E-state index in [4.69, 9.17) is 14.2 Å². The van der Waals surface area contributed by atoms with E-state index in [-0.39, 0.29) is 18.6 Å². The predicted octanol–water partition coefficient (Wildman–Crippen LogP) is 4.97. The van der Waals surface area contributed by atoms with Crippen LogP contribution in [0.1, 0.15) is 24.4 Å². The summed E-state index contributed by atoms with van der Waals surface area (Å²) in [7, 11) is 3.27. The van der Waals surface area contributed by atoms with Crippen molar-refractivity contribution in [1.82, 2.24) is 4.90 Å². The van der Waals surface area contributed by atoms with Crippen molar-refractivity contribution in [3.05, 3.63) is 50.9 Å². The van der Waals surface area contributed by atoms with Gasteiger partial charge >= 0.3 is 0 Å². The van der Waals surface area contributed by atoms with E-state index in [2.05, 4.69) is 31.9 Å². The molecular formula is C20H21Br2NO4. The van der Waals surface area contributed by atoms with E-state index in [1.165, 1.54) is 0 Å². The highest BCUT2D eigenvalue weighted by atomic mass is 79.9. The van der Waals surface area contributed by atoms with Crippen molar-refractivity contribution in [2.24, 2.45) is 0 Å². The summed E-state index contributed by atoms with van der Waals surface area (Å²) in [4.78, 5) is 14.7. The molecule has 1 aliphatic rings. The molecule has 0 N–H and O–H groups in total. The van der Waals surface area contributed by atoms with Crippen molar-refractivity contribution in [1.29, 1.82) is 0 Å². The molecule has 7 heteroatoms. The monoisotopic (exact) mass is 497 g/mol. The molecule has 0 bridgehead atoms. The number of methoxy groups -OCH3 is 2. The fourth-order valence-corrected chi connectivity index (χ4v) is 4.46. The first-order valence-electron chi connectivity index (χ1n) is 8.62. The van der Waals surface area contributed by atoms with Crippen LogP contribution in [0.2, 0.25) is 0 Å². The molecule has 2 aromatic rings. The highest BCUT2D eigenvalue weighted by Crippen LogP contribution is 2.39. The second kappa shape index (κ2) is 8.97. The molecule has 1 saturated heterocycles. The highest BCUT2D eigenvalue weighted by Gasteiger charge is 2.32. The third kappa shape index (κ3) is 4.58. The third-order valence-corrected chi connectivity index (χ3v) is 5.73. The van der Waals surface area contributed by atoms with E-state index in [9.17, 15) is 4.79 Å². The second-order valence-electron chi connectivity index (χ2n) is 6.22. The van der Waals surface area contributed by atoms with Crippen LogP contribution in [0.4, 0.5) is 0 Å². The smallest absolute Gasteiger partial charge is 0.261 e. The minimum atomic E-state index is -0.0443. The normalized spacial score (nSPS) is 16.3. The van der Waals surface area contributed by atoms with Gasteiger partial charge in [0.25, 0.3) is 5.91 Å². The fourth-order valence-electron chi connectivity index (χ4n) is 3.30. The van der Waals surface area contributed by atoms with Gasteiger partial charge in [0.15, 0.2) is 6.61 Å². The summed E-state index contributed by atoms with van der Waals surface area (Å²) in [5, 5.41) is 0. The maximum Gasteiger partial charge on any atom is 0.261 e. The standard InChI is InChI=1S/C20H21Br2NO4/c1-25-14-6-8-18(26-2)15(11-14)17-4-3-9-23(17)20(24)12-27-19-7-5-13(21)10-16(19)22/h5-8,10-11,17H,3-4,9,12H2,1-2H3/t17-/m1/s1. The Bertz CT molecular complexity index is 828. The number of rotatable bonds is 6. The lowest BCUT2D eigenvalue weighted by Crippen LogP contribution is -2.34. The largest absolute Gasteiger partial charge is 0.497 e. The van der Waals surface area contributed by atoms with Gasteiger partial charge in [0.2, 0.25) is 0 Å². The summed E-state index contributed by atoms with van der Waals surface area (Å²) in [6.45, 7) is 0.692. The van der Waals surface area contributed by atoms with E-state index >= 15 is 0 Å². The van der Waals surface area contributed by atoms with Crippen molar-refractivity contribution in [3.63, 3.8) is 0 Å². The lowest BCUT2D eigenvalue weighted by molar-refractivity contribution is -0.134. The number of benzene rings is 2. The number of hydrogen-bond acceptors (Lipinski definition) is 4. The van der Waals surface area contributed by atoms with Gasteiger partial charge in [-0.3, -0.25) is 4.79 Å². The Labute approximate surface area is 175 Å². The topological polar surface area (TPSA) is 48.0 Å². The molecule has 0 aliphatic carbocycles. The Morgan fingerprint density at radius 2 is 1.89 bits per heavy atom. The first-order chi connectivity index (χ1) is 13.0. The van der Waals surface area contributed by atoms with Crippen molar-refractivity contribution < 1.29 is 19.0 Å². The Hall–Kier alpha value is -1.73. The molecule has 0 spiro atoms. The van der Waals surface area contributed by atoms with Crippen LogP contribution < -0.4 is 14.2 Å². The lowest BCUT2D eigenvalue weighted by Gasteiger charge is -2.26. The van der Waals surface area contributed by atoms with Crippen molar-refractivity contribution >= 4 is 37.8 Å². The van der Waals surface area contributed by atoms with Crippen LogP contribution in [-0.4, -0.2) is 38.2 Å². The van der Waals surface area contributed by atoms with Gasteiger partial charge in [0, 0.05) is 16.6 Å². The molecule has 1 heterocycles. The van der Waals surface area contributed by atoms with Crippen LogP contribution in [0.15, 0.2) is 45.3 Å². The minimum Gasteiger partial charge on any atom is -0.497 e. The van der Waals surface area contributed by atoms with Crippen molar-refractivity contribution in [3.8, 4) is 17.2 Å². The van der Waals surface area contributed by atoms with E-state index < -0.39 is 0 Å². The minimum absolute atomic E-state index is 0.0109. The lowest BCUT2D eigenvalue weighted by atomic mass is 10.0. The zero-order valence-corrected chi connectivity index (χ0v) is 18.4. The molecule has 1 fully saturated rings. The van der Waals surface area contributed by atoms with Gasteiger partial charge in [-0.05, 0) is 65.2 Å². The first kappa shape index (κ1) is 20.0. The Morgan fingerprint density at radius 1 is 1.11 bits per heavy atom. The van der Waals surface area contributed by atoms with Crippen LogP contribution >= 0.6 is 31.9 Å². The molecule has 0 unspecified atom stereocenters. The number of carbonyl (C=O) groups excluding carboxylic acids is 1. The number of halogens is 2. The average molecular weight is 499 g/mol. The molecule has 3 rings (SSSR count). The predicted molar refractivity (Wildman–Crippen MR) is 111 cm³/mol. The number of carbonyl (C=O) groups is 1. The van der Waals surface area contributed by atoms with Crippen molar-refractivity contribution in [2.75, 3.05) is 27.4 Å². The highest BCUT2D eigenvalue weighted by molar-refractivity contribution is 9.11. The Kier molecular flexibility index (Phi) is 6.65. The maximum atomic E-state index is 12.8. The van der Waals surface area contributed by atoms with Gasteiger partial charge < -0.3 is 19.1 Å². The molecule has 0 aromatic heterocycles. The Balaban J connectivity index is 1.75. The third-order valence-electron chi connectivity index (χ3n) is 4.61. The van der Waals surface area contributed by atoms with Crippen LogP contribution in [-0.2, 0) is 4.79 Å². The van der Waals surface area contributed by atoms with Gasteiger partial charge in [-0.15, -0.1) is 0 Å². The van der Waals surface area contributed by atoms with E-state index in [1.807, 2.05) is 41.3 Å². The van der Waals surface area contributed by atoms with Crippen LogP contribution in [0.25, 0.3) is 0 Å². The quantitative estimate of drug-likeness (QED) is 0.564. The van der Waals surface area contributed by atoms with Gasteiger partial charge in [-0.1, -0.05) is 15.9 Å². The van der Waals surface area contributed by atoms with E-state index in [0.717, 1.165) is 38.8 Å². The van der Waals surface area contributed by atoms with Crippen LogP contribution in [0, 0.1) is 0 Å².